The second kappa shape index (κ2) is 8.93. The molecule has 0 aliphatic carbocycles. The van der Waals surface area contributed by atoms with E-state index in [1.807, 2.05) is 39.0 Å². The number of hydrogen-bond acceptors (Lipinski definition) is 4. The van der Waals surface area contributed by atoms with E-state index in [0.29, 0.717) is 30.8 Å². The summed E-state index contributed by atoms with van der Waals surface area (Å²) in [5.74, 6) is -0.567. The van der Waals surface area contributed by atoms with Crippen molar-refractivity contribution in [1.82, 2.24) is 10.2 Å². The first-order valence-electron chi connectivity index (χ1n) is 9.90. The molecule has 0 radical (unpaired) electrons. The van der Waals surface area contributed by atoms with Crippen molar-refractivity contribution in [3.63, 3.8) is 0 Å². The molecule has 2 N–H and O–H groups in total. The van der Waals surface area contributed by atoms with Crippen LogP contribution in [0.2, 0.25) is 0 Å². The Hall–Kier alpha value is -2.44. The zero-order chi connectivity index (χ0) is 21.0. The van der Waals surface area contributed by atoms with Crippen LogP contribution >= 0.6 is 0 Å². The summed E-state index contributed by atoms with van der Waals surface area (Å²) >= 11 is 0. The maximum atomic E-state index is 14.6. The number of alkyl carbamates (subject to hydrolysis) is 1. The molecule has 1 heterocycles. The first kappa shape index (κ1) is 21.3. The largest absolute Gasteiger partial charge is 0.444 e. The van der Waals surface area contributed by atoms with Gasteiger partial charge in [0.1, 0.15) is 11.4 Å². The topological polar surface area (TPSA) is 61.8 Å². The van der Waals surface area contributed by atoms with Gasteiger partial charge in [-0.2, -0.15) is 0 Å². The van der Waals surface area contributed by atoms with Crippen molar-refractivity contribution in [2.24, 2.45) is 0 Å². The molecular weight excluding hydrogens is 371 g/mol. The summed E-state index contributed by atoms with van der Waals surface area (Å²) in [5.41, 5.74) is 1.71. The van der Waals surface area contributed by atoms with Crippen molar-refractivity contribution in [1.29, 1.82) is 0 Å². The van der Waals surface area contributed by atoms with Crippen LogP contribution < -0.4 is 5.32 Å². The molecule has 2 aromatic carbocycles. The third kappa shape index (κ3) is 5.78. The highest BCUT2D eigenvalue weighted by atomic mass is 19.1. The van der Waals surface area contributed by atoms with Crippen LogP contribution in [0.5, 0.6) is 0 Å². The smallest absolute Gasteiger partial charge is 0.407 e. The molecule has 156 valence electrons. The third-order valence-electron chi connectivity index (χ3n) is 4.99. The normalized spacial score (nSPS) is 19.9. The lowest BCUT2D eigenvalue weighted by Gasteiger charge is -2.24. The molecule has 1 aliphatic rings. The molecule has 1 aliphatic heterocycles. The van der Waals surface area contributed by atoms with Crippen LogP contribution in [0.1, 0.15) is 43.4 Å². The fourth-order valence-electron chi connectivity index (χ4n) is 3.75. The molecule has 2 aromatic rings. The van der Waals surface area contributed by atoms with E-state index in [-0.39, 0.29) is 24.4 Å². The monoisotopic (exact) mass is 400 g/mol. The Labute approximate surface area is 171 Å². The van der Waals surface area contributed by atoms with Crippen molar-refractivity contribution in [3.8, 4) is 0 Å². The van der Waals surface area contributed by atoms with E-state index in [4.69, 9.17) is 4.74 Å². The zero-order valence-electron chi connectivity index (χ0n) is 17.2. The van der Waals surface area contributed by atoms with E-state index >= 15 is 0 Å². The summed E-state index contributed by atoms with van der Waals surface area (Å²) in [4.78, 5) is 14.6. The molecule has 0 saturated carbocycles. The van der Waals surface area contributed by atoms with Crippen LogP contribution in [0.4, 0.5) is 9.18 Å². The van der Waals surface area contributed by atoms with Gasteiger partial charge in [-0.3, -0.25) is 4.90 Å². The van der Waals surface area contributed by atoms with Gasteiger partial charge in [-0.05, 0) is 43.5 Å². The number of likely N-dealkylation sites (tertiary alicyclic amines) is 1. The van der Waals surface area contributed by atoms with Crippen molar-refractivity contribution in [3.05, 3.63) is 71.0 Å². The first-order chi connectivity index (χ1) is 13.7. The molecule has 5 nitrogen and oxygen atoms in total. The average molecular weight is 400 g/mol. The number of nitrogens with zero attached hydrogens (tertiary/aromatic N) is 1. The number of rotatable bonds is 5. The molecular formula is C23H29FN2O3. The Morgan fingerprint density at radius 3 is 2.55 bits per heavy atom. The fraction of sp³-hybridized carbons (Fsp3) is 0.435. The van der Waals surface area contributed by atoms with E-state index in [2.05, 4.69) is 22.3 Å². The molecule has 6 heteroatoms. The quantitative estimate of drug-likeness (QED) is 0.801. The van der Waals surface area contributed by atoms with Crippen molar-refractivity contribution < 1.29 is 19.0 Å². The first-order valence-corrected chi connectivity index (χ1v) is 9.90. The molecule has 1 amide bonds. The number of amides is 1. The molecule has 1 fully saturated rings. The Morgan fingerprint density at radius 2 is 1.90 bits per heavy atom. The second-order valence-corrected chi connectivity index (χ2v) is 8.55. The number of carbonyl (C=O) groups excluding carboxylic acids is 1. The summed E-state index contributed by atoms with van der Waals surface area (Å²) in [6.07, 6.45) is -0.507. The van der Waals surface area contributed by atoms with Gasteiger partial charge < -0.3 is 15.2 Å². The van der Waals surface area contributed by atoms with Crippen molar-refractivity contribution in [2.75, 3.05) is 13.1 Å². The van der Waals surface area contributed by atoms with Gasteiger partial charge >= 0.3 is 6.09 Å². The minimum atomic E-state index is -0.607. The highest BCUT2D eigenvalue weighted by molar-refractivity contribution is 5.68. The molecule has 29 heavy (non-hydrogen) atoms. The van der Waals surface area contributed by atoms with Crippen LogP contribution in [-0.2, 0) is 17.9 Å². The van der Waals surface area contributed by atoms with Crippen molar-refractivity contribution >= 4 is 6.09 Å². The zero-order valence-corrected chi connectivity index (χ0v) is 17.2. The minimum absolute atomic E-state index is 0.155. The third-order valence-corrected chi connectivity index (χ3v) is 4.99. The molecule has 2 atom stereocenters. The number of ether oxygens (including phenoxy) is 1. The van der Waals surface area contributed by atoms with Crippen LogP contribution in [0.25, 0.3) is 0 Å². The Morgan fingerprint density at radius 1 is 1.17 bits per heavy atom. The molecule has 0 aromatic heterocycles. The van der Waals surface area contributed by atoms with Gasteiger partial charge in [0.15, 0.2) is 0 Å². The van der Waals surface area contributed by atoms with Gasteiger partial charge in [0, 0.05) is 25.6 Å². The number of benzene rings is 2. The lowest BCUT2D eigenvalue weighted by atomic mass is 9.92. The Kier molecular flexibility index (Phi) is 6.55. The Balaban J connectivity index is 1.82. The highest BCUT2D eigenvalue weighted by Gasteiger charge is 2.37. The van der Waals surface area contributed by atoms with Crippen LogP contribution in [0, 0.1) is 5.82 Å². The van der Waals surface area contributed by atoms with Gasteiger partial charge in [-0.1, -0.05) is 42.5 Å². The summed E-state index contributed by atoms with van der Waals surface area (Å²) in [6, 6.07) is 14.4. The Bertz CT molecular complexity index is 836. The number of halogens is 1. The fourth-order valence-corrected chi connectivity index (χ4v) is 3.75. The maximum Gasteiger partial charge on any atom is 0.407 e. The molecule has 3 rings (SSSR count). The van der Waals surface area contributed by atoms with Gasteiger partial charge in [0.2, 0.25) is 0 Å². The predicted octanol–water partition coefficient (Wildman–Crippen LogP) is 3.81. The van der Waals surface area contributed by atoms with Crippen LogP contribution in [-0.4, -0.2) is 40.8 Å². The molecule has 2 unspecified atom stereocenters. The van der Waals surface area contributed by atoms with Gasteiger partial charge in [-0.25, -0.2) is 9.18 Å². The minimum Gasteiger partial charge on any atom is -0.444 e. The van der Waals surface area contributed by atoms with Gasteiger partial charge in [0.25, 0.3) is 0 Å². The maximum absolute atomic E-state index is 14.6. The second-order valence-electron chi connectivity index (χ2n) is 8.55. The van der Waals surface area contributed by atoms with E-state index in [1.165, 1.54) is 6.07 Å². The van der Waals surface area contributed by atoms with Crippen molar-refractivity contribution in [2.45, 2.75) is 51.5 Å². The lowest BCUT2D eigenvalue weighted by Crippen LogP contribution is -2.42. The van der Waals surface area contributed by atoms with Gasteiger partial charge in [-0.15, -0.1) is 0 Å². The van der Waals surface area contributed by atoms with E-state index in [1.54, 1.807) is 12.1 Å². The number of aliphatic hydroxyl groups excluding tert-OH is 1. The number of nitrogens with one attached hydrogen (secondary N) is 1. The summed E-state index contributed by atoms with van der Waals surface area (Å²) in [7, 11) is 0. The molecule has 1 saturated heterocycles. The van der Waals surface area contributed by atoms with Crippen LogP contribution in [0.15, 0.2) is 48.5 Å². The summed E-state index contributed by atoms with van der Waals surface area (Å²) in [5, 5.41) is 12.4. The van der Waals surface area contributed by atoms with E-state index < -0.39 is 11.7 Å². The average Bonchev–Trinajstić information content (AvgIpc) is 3.03. The lowest BCUT2D eigenvalue weighted by molar-refractivity contribution is 0.0502. The van der Waals surface area contributed by atoms with E-state index in [9.17, 15) is 14.3 Å². The highest BCUT2D eigenvalue weighted by Crippen LogP contribution is 2.31. The summed E-state index contributed by atoms with van der Waals surface area (Å²) < 4.78 is 20.1. The predicted molar refractivity (Wildman–Crippen MR) is 110 cm³/mol. The van der Waals surface area contributed by atoms with Crippen LogP contribution in [0.3, 0.4) is 0 Å². The molecule has 0 bridgehead atoms. The van der Waals surface area contributed by atoms with E-state index in [0.717, 1.165) is 5.56 Å². The number of hydrogen-bond donors (Lipinski definition) is 2. The number of aliphatic hydroxyl groups is 1. The van der Waals surface area contributed by atoms with Gasteiger partial charge in [0.05, 0.1) is 12.6 Å². The SMILES string of the molecule is CC(C)(C)OC(=O)NC1CN(Cc2ccccc2)CC1c1cc(CO)ccc1F. The summed E-state index contributed by atoms with van der Waals surface area (Å²) in [6.45, 7) is 7.17. The standard InChI is InChI=1S/C23H29FN2O3/c1-23(2,3)29-22(28)25-21-14-26(12-16-7-5-4-6-8-16)13-19(21)18-11-17(15-27)9-10-20(18)24/h4-11,19,21,27H,12-15H2,1-3H3,(H,25,28). The number of carbonyl (C=O) groups is 1. The molecule has 0 spiro atoms.